The lowest BCUT2D eigenvalue weighted by Gasteiger charge is -2.17. The zero-order valence-corrected chi connectivity index (χ0v) is 11.6. The van der Waals surface area contributed by atoms with Gasteiger partial charge in [-0.1, -0.05) is 18.6 Å². The van der Waals surface area contributed by atoms with Crippen LogP contribution in [0.5, 0.6) is 5.75 Å². The topological polar surface area (TPSA) is 38.5 Å². The molecule has 0 aromatic heterocycles. The summed E-state index contributed by atoms with van der Waals surface area (Å²) < 4.78 is 39.9. The molecule has 1 aromatic carbocycles. The number of unbranched alkanes of at least 4 members (excludes halogenated alkanes) is 2. The first-order chi connectivity index (χ1) is 9.40. The van der Waals surface area contributed by atoms with Crippen LogP contribution in [0, 0.1) is 0 Å². The summed E-state index contributed by atoms with van der Waals surface area (Å²) in [7, 11) is 1.99. The Labute approximate surface area is 117 Å². The van der Waals surface area contributed by atoms with Crippen molar-refractivity contribution in [1.29, 1.82) is 0 Å². The van der Waals surface area contributed by atoms with E-state index in [1.807, 2.05) is 7.05 Å². The normalized spacial score (nSPS) is 11.9. The van der Waals surface area contributed by atoms with E-state index in [-0.39, 0.29) is 5.75 Å². The molecule has 3 nitrogen and oxygen atoms in total. The molecule has 114 valence electrons. The minimum absolute atomic E-state index is 0.188. The Bertz CT molecular complexity index is 379. The Kier molecular flexibility index (Phi) is 6.81. The number of rotatable bonds is 8. The first kappa shape index (κ1) is 16.8. The van der Waals surface area contributed by atoms with E-state index in [9.17, 15) is 13.2 Å². The van der Waals surface area contributed by atoms with E-state index in [2.05, 4.69) is 9.64 Å². The molecule has 0 saturated carbocycles. The highest BCUT2D eigenvalue weighted by Crippen LogP contribution is 2.22. The van der Waals surface area contributed by atoms with Gasteiger partial charge in [0.15, 0.2) is 0 Å². The smallest absolute Gasteiger partial charge is 0.406 e. The molecule has 1 aromatic rings. The third kappa shape index (κ3) is 7.35. The maximum atomic E-state index is 12.0. The molecule has 0 atom stereocenters. The molecule has 1 rings (SSSR count). The van der Waals surface area contributed by atoms with Crippen LogP contribution >= 0.6 is 0 Å². The van der Waals surface area contributed by atoms with E-state index in [0.29, 0.717) is 13.1 Å². The number of benzene rings is 1. The molecule has 0 unspecified atom stereocenters. The van der Waals surface area contributed by atoms with Crippen LogP contribution < -0.4 is 10.5 Å². The quantitative estimate of drug-likeness (QED) is 0.747. The summed E-state index contributed by atoms with van der Waals surface area (Å²) in [5.74, 6) is -0.188. The summed E-state index contributed by atoms with van der Waals surface area (Å²) in [5.41, 5.74) is 6.38. The summed E-state index contributed by atoms with van der Waals surface area (Å²) in [4.78, 5) is 2.14. The van der Waals surface area contributed by atoms with Gasteiger partial charge >= 0.3 is 6.36 Å². The second-order valence-electron chi connectivity index (χ2n) is 4.78. The standard InChI is InChI=1S/C14H21F3N2O/c1-19(10-4-2-3-9-18)11-12-5-7-13(8-6-12)20-14(15,16)17/h5-8H,2-4,9-11,18H2,1H3. The second kappa shape index (κ2) is 8.11. The summed E-state index contributed by atoms with van der Waals surface area (Å²) in [5, 5.41) is 0. The van der Waals surface area contributed by atoms with E-state index in [1.54, 1.807) is 12.1 Å². The molecule has 0 fully saturated rings. The molecule has 20 heavy (non-hydrogen) atoms. The summed E-state index contributed by atoms with van der Waals surface area (Å²) in [6, 6.07) is 5.98. The maximum Gasteiger partial charge on any atom is 0.573 e. The zero-order chi connectivity index (χ0) is 15.0. The fourth-order valence-corrected chi connectivity index (χ4v) is 1.89. The lowest BCUT2D eigenvalue weighted by atomic mass is 10.2. The van der Waals surface area contributed by atoms with Gasteiger partial charge < -0.3 is 15.4 Å². The highest BCUT2D eigenvalue weighted by Gasteiger charge is 2.30. The molecule has 0 heterocycles. The molecule has 0 aliphatic carbocycles. The van der Waals surface area contributed by atoms with Gasteiger partial charge in [-0.05, 0) is 50.7 Å². The van der Waals surface area contributed by atoms with Crippen LogP contribution in [0.4, 0.5) is 13.2 Å². The third-order valence-electron chi connectivity index (χ3n) is 2.85. The van der Waals surface area contributed by atoms with Crippen molar-refractivity contribution in [3.05, 3.63) is 29.8 Å². The highest BCUT2D eigenvalue weighted by molar-refractivity contribution is 5.27. The predicted octanol–water partition coefficient (Wildman–Crippen LogP) is 3.15. The van der Waals surface area contributed by atoms with E-state index < -0.39 is 6.36 Å². The number of halogens is 3. The van der Waals surface area contributed by atoms with Crippen molar-refractivity contribution in [2.45, 2.75) is 32.2 Å². The van der Waals surface area contributed by atoms with Gasteiger partial charge in [-0.25, -0.2) is 0 Å². The van der Waals surface area contributed by atoms with Gasteiger partial charge in [0.25, 0.3) is 0 Å². The molecule has 0 amide bonds. The van der Waals surface area contributed by atoms with Crippen LogP contribution in [0.25, 0.3) is 0 Å². The Hall–Kier alpha value is -1.27. The largest absolute Gasteiger partial charge is 0.573 e. The fourth-order valence-electron chi connectivity index (χ4n) is 1.89. The van der Waals surface area contributed by atoms with Crippen molar-refractivity contribution in [3.63, 3.8) is 0 Å². The summed E-state index contributed by atoms with van der Waals surface area (Å²) in [6.45, 7) is 2.36. The third-order valence-corrected chi connectivity index (χ3v) is 2.85. The number of hydrogen-bond donors (Lipinski definition) is 1. The van der Waals surface area contributed by atoms with E-state index in [0.717, 1.165) is 31.4 Å². The molecule has 0 radical (unpaired) electrons. The molecular weight excluding hydrogens is 269 g/mol. The number of nitrogens with two attached hydrogens (primary N) is 1. The highest BCUT2D eigenvalue weighted by atomic mass is 19.4. The monoisotopic (exact) mass is 290 g/mol. The van der Waals surface area contributed by atoms with Gasteiger partial charge in [0.2, 0.25) is 0 Å². The molecular formula is C14H21F3N2O. The fraction of sp³-hybridized carbons (Fsp3) is 0.571. The van der Waals surface area contributed by atoms with Crippen molar-refractivity contribution >= 4 is 0 Å². The number of ether oxygens (including phenoxy) is 1. The van der Waals surface area contributed by atoms with Crippen LogP contribution in [0.2, 0.25) is 0 Å². The first-order valence-corrected chi connectivity index (χ1v) is 6.64. The van der Waals surface area contributed by atoms with Crippen LogP contribution in [0.3, 0.4) is 0 Å². The Morgan fingerprint density at radius 1 is 1.10 bits per heavy atom. The molecule has 0 spiro atoms. The van der Waals surface area contributed by atoms with Gasteiger partial charge in [-0.15, -0.1) is 13.2 Å². The van der Waals surface area contributed by atoms with Gasteiger partial charge in [-0.2, -0.15) is 0 Å². The SMILES string of the molecule is CN(CCCCCN)Cc1ccc(OC(F)(F)F)cc1. The summed E-state index contributed by atoms with van der Waals surface area (Å²) in [6.07, 6.45) is -1.44. The van der Waals surface area contributed by atoms with Crippen molar-refractivity contribution in [1.82, 2.24) is 4.90 Å². The Balaban J connectivity index is 2.37. The number of hydrogen-bond acceptors (Lipinski definition) is 3. The molecule has 0 aliphatic rings. The minimum atomic E-state index is -4.64. The van der Waals surface area contributed by atoms with Gasteiger partial charge in [0, 0.05) is 6.54 Å². The first-order valence-electron chi connectivity index (χ1n) is 6.64. The summed E-state index contributed by atoms with van der Waals surface area (Å²) >= 11 is 0. The minimum Gasteiger partial charge on any atom is -0.406 e. The molecule has 0 saturated heterocycles. The number of nitrogens with zero attached hydrogens (tertiary/aromatic N) is 1. The Morgan fingerprint density at radius 3 is 2.30 bits per heavy atom. The van der Waals surface area contributed by atoms with Crippen LogP contribution in [-0.4, -0.2) is 31.4 Å². The van der Waals surface area contributed by atoms with Crippen molar-refractivity contribution in [2.75, 3.05) is 20.1 Å². The average molecular weight is 290 g/mol. The second-order valence-corrected chi connectivity index (χ2v) is 4.78. The van der Waals surface area contributed by atoms with Gasteiger partial charge in [0.1, 0.15) is 5.75 Å². The predicted molar refractivity (Wildman–Crippen MR) is 72.4 cm³/mol. The van der Waals surface area contributed by atoms with Crippen molar-refractivity contribution in [3.8, 4) is 5.75 Å². The number of alkyl halides is 3. The lowest BCUT2D eigenvalue weighted by Crippen LogP contribution is -2.19. The molecule has 0 bridgehead atoms. The van der Waals surface area contributed by atoms with E-state index in [4.69, 9.17) is 5.73 Å². The zero-order valence-electron chi connectivity index (χ0n) is 11.6. The maximum absolute atomic E-state index is 12.0. The molecule has 2 N–H and O–H groups in total. The Morgan fingerprint density at radius 2 is 1.75 bits per heavy atom. The molecule has 6 heteroatoms. The average Bonchev–Trinajstić information content (AvgIpc) is 2.35. The van der Waals surface area contributed by atoms with Gasteiger partial charge in [-0.3, -0.25) is 0 Å². The van der Waals surface area contributed by atoms with E-state index >= 15 is 0 Å². The van der Waals surface area contributed by atoms with Crippen LogP contribution in [-0.2, 0) is 6.54 Å². The van der Waals surface area contributed by atoms with Gasteiger partial charge in [0.05, 0.1) is 0 Å². The van der Waals surface area contributed by atoms with E-state index in [1.165, 1.54) is 12.1 Å². The van der Waals surface area contributed by atoms with Crippen LogP contribution in [0.1, 0.15) is 24.8 Å². The lowest BCUT2D eigenvalue weighted by molar-refractivity contribution is -0.274. The van der Waals surface area contributed by atoms with Crippen LogP contribution in [0.15, 0.2) is 24.3 Å². The van der Waals surface area contributed by atoms with Crippen molar-refractivity contribution < 1.29 is 17.9 Å². The molecule has 0 aliphatic heterocycles. The van der Waals surface area contributed by atoms with Crippen molar-refractivity contribution in [2.24, 2.45) is 5.73 Å².